The Bertz CT molecular complexity index is 234. The van der Waals surface area contributed by atoms with Crippen LogP contribution in [0.2, 0.25) is 0 Å². The zero-order valence-electron chi connectivity index (χ0n) is 10.7. The minimum Gasteiger partial charge on any atom is -0.379 e. The van der Waals surface area contributed by atoms with Crippen molar-refractivity contribution in [2.24, 2.45) is 5.73 Å². The predicted molar refractivity (Wildman–Crippen MR) is 64.8 cm³/mol. The molecule has 2 unspecified atom stereocenters. The Kier molecular flexibility index (Phi) is 4.76. The lowest BCUT2D eigenvalue weighted by Crippen LogP contribution is -2.40. The fourth-order valence-corrected chi connectivity index (χ4v) is 2.34. The molecule has 0 aliphatic carbocycles. The van der Waals surface area contributed by atoms with E-state index in [1.165, 1.54) is 0 Å². The van der Waals surface area contributed by atoms with Gasteiger partial charge in [0.05, 0.1) is 25.9 Å². The highest BCUT2D eigenvalue weighted by atomic mass is 16.7. The molecule has 2 rings (SSSR count). The number of nitrogens with two attached hydrogens (primary N) is 1. The van der Waals surface area contributed by atoms with E-state index in [9.17, 15) is 0 Å². The molecular formula is C12H24N2O3. The number of hydrogen-bond acceptors (Lipinski definition) is 5. The minimum atomic E-state index is -0.419. The summed E-state index contributed by atoms with van der Waals surface area (Å²) in [5.41, 5.74) is 5.53. The molecule has 0 aromatic heterocycles. The lowest BCUT2D eigenvalue weighted by atomic mass is 10.2. The third kappa shape index (κ3) is 3.89. The maximum absolute atomic E-state index is 5.92. The normalized spacial score (nSPS) is 35.3. The molecule has 2 aliphatic rings. The van der Waals surface area contributed by atoms with Crippen LogP contribution < -0.4 is 5.73 Å². The van der Waals surface area contributed by atoms with Gasteiger partial charge in [-0.15, -0.1) is 0 Å². The van der Waals surface area contributed by atoms with Crippen molar-refractivity contribution in [2.45, 2.75) is 31.7 Å². The highest BCUT2D eigenvalue weighted by molar-refractivity contribution is 4.77. The topological polar surface area (TPSA) is 57.0 Å². The van der Waals surface area contributed by atoms with Crippen LogP contribution in [0.4, 0.5) is 0 Å². The molecule has 2 heterocycles. The summed E-state index contributed by atoms with van der Waals surface area (Å²) in [4.78, 5) is 2.40. The van der Waals surface area contributed by atoms with Crippen LogP contribution in [0.1, 0.15) is 19.8 Å². The second kappa shape index (κ2) is 6.11. The predicted octanol–water partition coefficient (Wildman–Crippen LogP) is 0.189. The molecule has 0 aromatic carbocycles. The highest BCUT2D eigenvalue weighted by Crippen LogP contribution is 2.28. The van der Waals surface area contributed by atoms with Crippen molar-refractivity contribution in [3.05, 3.63) is 0 Å². The SMILES string of the molecule is CC1(CCN2CCOCC2)OCC(CCN)O1. The third-order valence-corrected chi connectivity index (χ3v) is 3.47. The van der Waals surface area contributed by atoms with Crippen molar-refractivity contribution in [2.75, 3.05) is 46.0 Å². The third-order valence-electron chi connectivity index (χ3n) is 3.47. The molecule has 17 heavy (non-hydrogen) atoms. The molecule has 0 spiro atoms. The highest BCUT2D eigenvalue weighted by Gasteiger charge is 2.36. The second-order valence-corrected chi connectivity index (χ2v) is 4.97. The van der Waals surface area contributed by atoms with E-state index in [2.05, 4.69) is 4.90 Å². The van der Waals surface area contributed by atoms with Crippen LogP contribution in [0.3, 0.4) is 0 Å². The van der Waals surface area contributed by atoms with Crippen molar-refractivity contribution < 1.29 is 14.2 Å². The molecule has 100 valence electrons. The first-order valence-electron chi connectivity index (χ1n) is 6.54. The fraction of sp³-hybridized carbons (Fsp3) is 1.00. The molecule has 2 fully saturated rings. The summed E-state index contributed by atoms with van der Waals surface area (Å²) >= 11 is 0. The van der Waals surface area contributed by atoms with Crippen LogP contribution >= 0.6 is 0 Å². The Morgan fingerprint density at radius 1 is 1.35 bits per heavy atom. The van der Waals surface area contributed by atoms with Crippen molar-refractivity contribution >= 4 is 0 Å². The number of morpholine rings is 1. The molecule has 5 heteroatoms. The summed E-state index contributed by atoms with van der Waals surface area (Å²) in [6.45, 7) is 8.09. The van der Waals surface area contributed by atoms with Gasteiger partial charge in [0.1, 0.15) is 0 Å². The van der Waals surface area contributed by atoms with E-state index in [-0.39, 0.29) is 6.10 Å². The lowest BCUT2D eigenvalue weighted by Gasteiger charge is -2.30. The quantitative estimate of drug-likeness (QED) is 0.748. The molecule has 0 amide bonds. The van der Waals surface area contributed by atoms with E-state index in [4.69, 9.17) is 19.9 Å². The van der Waals surface area contributed by atoms with E-state index < -0.39 is 5.79 Å². The summed E-state index contributed by atoms with van der Waals surface area (Å²) in [5, 5.41) is 0. The first-order valence-corrected chi connectivity index (χ1v) is 6.54. The molecule has 2 atom stereocenters. The number of rotatable bonds is 5. The Hall–Kier alpha value is -0.200. The van der Waals surface area contributed by atoms with Gasteiger partial charge >= 0.3 is 0 Å². The summed E-state index contributed by atoms with van der Waals surface area (Å²) in [5.74, 6) is -0.419. The average Bonchev–Trinajstić information content (AvgIpc) is 2.71. The largest absolute Gasteiger partial charge is 0.379 e. The number of ether oxygens (including phenoxy) is 3. The molecule has 0 bridgehead atoms. The Morgan fingerprint density at radius 3 is 2.82 bits per heavy atom. The van der Waals surface area contributed by atoms with E-state index >= 15 is 0 Å². The molecule has 0 saturated carbocycles. The van der Waals surface area contributed by atoms with E-state index in [0.29, 0.717) is 13.2 Å². The fourth-order valence-electron chi connectivity index (χ4n) is 2.34. The van der Waals surface area contributed by atoms with Gasteiger partial charge in [-0.25, -0.2) is 0 Å². The van der Waals surface area contributed by atoms with Crippen LogP contribution in [0.15, 0.2) is 0 Å². The van der Waals surface area contributed by atoms with Gasteiger partial charge in [-0.1, -0.05) is 0 Å². The summed E-state index contributed by atoms with van der Waals surface area (Å²) in [6, 6.07) is 0. The standard InChI is InChI=1S/C12H24N2O3/c1-12(16-10-11(17-12)2-4-13)3-5-14-6-8-15-9-7-14/h11H,2-10,13H2,1H3. The molecule has 5 nitrogen and oxygen atoms in total. The zero-order valence-corrected chi connectivity index (χ0v) is 10.7. The lowest BCUT2D eigenvalue weighted by molar-refractivity contribution is -0.162. The van der Waals surface area contributed by atoms with Crippen molar-refractivity contribution in [3.63, 3.8) is 0 Å². The van der Waals surface area contributed by atoms with Crippen LogP contribution in [0.25, 0.3) is 0 Å². The summed E-state index contributed by atoms with van der Waals surface area (Å²) < 4.78 is 17.0. The smallest absolute Gasteiger partial charge is 0.167 e. The average molecular weight is 244 g/mol. The number of nitrogens with zero attached hydrogens (tertiary/aromatic N) is 1. The summed E-state index contributed by atoms with van der Waals surface area (Å²) in [7, 11) is 0. The molecule has 2 aliphatic heterocycles. The number of hydrogen-bond donors (Lipinski definition) is 1. The Morgan fingerprint density at radius 2 is 2.12 bits per heavy atom. The Balaban J connectivity index is 1.70. The van der Waals surface area contributed by atoms with E-state index in [0.717, 1.165) is 45.7 Å². The second-order valence-electron chi connectivity index (χ2n) is 4.97. The van der Waals surface area contributed by atoms with Crippen LogP contribution in [0, 0.1) is 0 Å². The first kappa shape index (κ1) is 13.2. The van der Waals surface area contributed by atoms with Crippen molar-refractivity contribution in [1.29, 1.82) is 0 Å². The van der Waals surface area contributed by atoms with Crippen molar-refractivity contribution in [1.82, 2.24) is 4.90 Å². The van der Waals surface area contributed by atoms with Gasteiger partial charge in [0, 0.05) is 26.1 Å². The van der Waals surface area contributed by atoms with Gasteiger partial charge in [0.25, 0.3) is 0 Å². The molecular weight excluding hydrogens is 220 g/mol. The molecule has 0 radical (unpaired) electrons. The maximum Gasteiger partial charge on any atom is 0.167 e. The van der Waals surface area contributed by atoms with Gasteiger partial charge < -0.3 is 19.9 Å². The van der Waals surface area contributed by atoms with Crippen LogP contribution in [-0.2, 0) is 14.2 Å². The van der Waals surface area contributed by atoms with Gasteiger partial charge in [0.15, 0.2) is 5.79 Å². The molecule has 2 saturated heterocycles. The minimum absolute atomic E-state index is 0.176. The zero-order chi connectivity index (χ0) is 12.1. The van der Waals surface area contributed by atoms with Gasteiger partial charge in [-0.2, -0.15) is 0 Å². The molecule has 0 aromatic rings. The van der Waals surface area contributed by atoms with Gasteiger partial charge in [-0.3, -0.25) is 4.90 Å². The monoisotopic (exact) mass is 244 g/mol. The van der Waals surface area contributed by atoms with Gasteiger partial charge in [0.2, 0.25) is 0 Å². The van der Waals surface area contributed by atoms with E-state index in [1.807, 2.05) is 6.92 Å². The maximum atomic E-state index is 5.92. The Labute approximate surface area is 103 Å². The molecule has 2 N–H and O–H groups in total. The first-order chi connectivity index (χ1) is 8.22. The van der Waals surface area contributed by atoms with Crippen molar-refractivity contribution in [3.8, 4) is 0 Å². The van der Waals surface area contributed by atoms with Crippen LogP contribution in [0.5, 0.6) is 0 Å². The summed E-state index contributed by atoms with van der Waals surface area (Å²) in [6.07, 6.45) is 1.97. The van der Waals surface area contributed by atoms with Gasteiger partial charge in [-0.05, 0) is 19.9 Å². The van der Waals surface area contributed by atoms with E-state index in [1.54, 1.807) is 0 Å². The van der Waals surface area contributed by atoms with Crippen LogP contribution in [-0.4, -0.2) is 62.8 Å².